The number of non-ortho nitro benzene ring substituents is 2. The Morgan fingerprint density at radius 3 is 2.22 bits per heavy atom. The number of nitro groups is 2. The van der Waals surface area contributed by atoms with Gasteiger partial charge in [-0.3, -0.25) is 25.0 Å². The zero-order valence-electron chi connectivity index (χ0n) is 19.9. The maximum Gasteiger partial charge on any atom is 0.270 e. The summed E-state index contributed by atoms with van der Waals surface area (Å²) in [4.78, 5) is 36.4. The van der Waals surface area contributed by atoms with Crippen molar-refractivity contribution in [2.45, 2.75) is 12.5 Å². The van der Waals surface area contributed by atoms with Gasteiger partial charge in [-0.25, -0.2) is 0 Å². The number of carbonyl (C=O) groups is 1. The van der Waals surface area contributed by atoms with Gasteiger partial charge in [-0.2, -0.15) is 0 Å². The maximum absolute atomic E-state index is 13.7. The molecule has 1 heterocycles. The lowest BCUT2D eigenvalue weighted by molar-refractivity contribution is -0.385. The van der Waals surface area contributed by atoms with Crippen LogP contribution in [0.5, 0.6) is 17.2 Å². The number of carbonyl (C=O) groups excluding carboxylic acids is 1. The minimum Gasteiger partial charge on any atom is -0.493 e. The Hall–Kier alpha value is -4.38. The first-order valence-electron chi connectivity index (χ1n) is 11.1. The summed E-state index contributed by atoms with van der Waals surface area (Å²) < 4.78 is 16.8. The van der Waals surface area contributed by atoms with Crippen LogP contribution < -0.4 is 14.2 Å². The lowest BCUT2D eigenvalue weighted by atomic mass is 9.91. The molecule has 0 fully saturated rings. The summed E-state index contributed by atoms with van der Waals surface area (Å²) in [6.45, 7) is 0.285. The van der Waals surface area contributed by atoms with Crippen molar-refractivity contribution in [3.05, 3.63) is 96.5 Å². The second kappa shape index (κ2) is 10.7. The van der Waals surface area contributed by atoms with Crippen LogP contribution in [-0.2, 0) is 6.42 Å². The minimum absolute atomic E-state index is 0.000120. The van der Waals surface area contributed by atoms with Crippen LogP contribution in [0.15, 0.2) is 54.6 Å². The summed E-state index contributed by atoms with van der Waals surface area (Å²) in [5, 5.41) is 22.3. The number of amides is 1. The fourth-order valence-electron chi connectivity index (χ4n) is 4.24. The number of hydrogen-bond donors (Lipinski definition) is 0. The number of nitro benzene ring substituents is 2. The van der Waals surface area contributed by atoms with Crippen molar-refractivity contribution in [2.75, 3.05) is 27.4 Å². The molecule has 0 aliphatic carbocycles. The molecule has 0 saturated carbocycles. The molecule has 192 valence electrons. The van der Waals surface area contributed by atoms with E-state index in [4.69, 9.17) is 25.8 Å². The number of ether oxygens (including phenoxy) is 3. The van der Waals surface area contributed by atoms with Crippen LogP contribution in [0, 0.1) is 20.2 Å². The molecule has 4 rings (SSSR count). The largest absolute Gasteiger partial charge is 0.493 e. The molecule has 0 aromatic heterocycles. The molecule has 12 heteroatoms. The van der Waals surface area contributed by atoms with Crippen molar-refractivity contribution in [1.82, 2.24) is 4.90 Å². The van der Waals surface area contributed by atoms with E-state index in [1.807, 2.05) is 6.07 Å². The van der Waals surface area contributed by atoms with Gasteiger partial charge in [-0.15, -0.1) is 0 Å². The predicted molar refractivity (Wildman–Crippen MR) is 134 cm³/mol. The van der Waals surface area contributed by atoms with Crippen LogP contribution in [0.3, 0.4) is 0 Å². The topological polar surface area (TPSA) is 134 Å². The highest BCUT2D eigenvalue weighted by Crippen LogP contribution is 2.39. The van der Waals surface area contributed by atoms with E-state index in [1.165, 1.54) is 50.6 Å². The predicted octanol–water partition coefficient (Wildman–Crippen LogP) is 4.99. The standard InChI is InChI=1S/C25H22ClN3O8/c1-35-23-11-15-9-10-27(25(30)20-12-17(29(33)34)5-8-21(20)26)22(19(15)13-24(23)36-2)14-37-18-6-3-16(4-7-18)28(31)32/h3-8,11-13,22H,9-10,14H2,1-2H3/t22-/m0/s1. The van der Waals surface area contributed by atoms with Gasteiger partial charge in [-0.05, 0) is 47.9 Å². The van der Waals surface area contributed by atoms with Gasteiger partial charge in [-0.1, -0.05) is 11.6 Å². The second-order valence-corrected chi connectivity index (χ2v) is 8.56. The van der Waals surface area contributed by atoms with Crippen LogP contribution >= 0.6 is 11.6 Å². The summed E-state index contributed by atoms with van der Waals surface area (Å²) in [5.74, 6) is 0.882. The normalized spacial score (nSPS) is 14.5. The van der Waals surface area contributed by atoms with E-state index in [9.17, 15) is 25.0 Å². The van der Waals surface area contributed by atoms with Gasteiger partial charge in [0.05, 0.1) is 40.7 Å². The fraction of sp³-hybridized carbons (Fsp3) is 0.240. The third-order valence-electron chi connectivity index (χ3n) is 6.11. The lowest BCUT2D eigenvalue weighted by Crippen LogP contribution is -2.42. The van der Waals surface area contributed by atoms with Crippen LogP contribution in [0.4, 0.5) is 11.4 Å². The van der Waals surface area contributed by atoms with E-state index in [1.54, 1.807) is 11.0 Å². The molecule has 1 amide bonds. The van der Waals surface area contributed by atoms with E-state index in [2.05, 4.69) is 0 Å². The van der Waals surface area contributed by atoms with Gasteiger partial charge in [0.15, 0.2) is 11.5 Å². The third-order valence-corrected chi connectivity index (χ3v) is 6.44. The van der Waals surface area contributed by atoms with Crippen molar-refractivity contribution in [2.24, 2.45) is 0 Å². The Morgan fingerprint density at radius 1 is 0.973 bits per heavy atom. The minimum atomic E-state index is -0.624. The van der Waals surface area contributed by atoms with Crippen molar-refractivity contribution in [1.29, 1.82) is 0 Å². The van der Waals surface area contributed by atoms with Crippen LogP contribution in [-0.4, -0.2) is 48.0 Å². The van der Waals surface area contributed by atoms with Crippen molar-refractivity contribution in [3.8, 4) is 17.2 Å². The number of hydrogen-bond acceptors (Lipinski definition) is 8. The Kier molecular flexibility index (Phi) is 7.44. The van der Waals surface area contributed by atoms with E-state index in [-0.39, 0.29) is 35.1 Å². The number of rotatable bonds is 8. The highest BCUT2D eigenvalue weighted by molar-refractivity contribution is 6.34. The molecule has 0 saturated heterocycles. The number of benzene rings is 3. The highest BCUT2D eigenvalue weighted by atomic mass is 35.5. The molecule has 0 radical (unpaired) electrons. The van der Waals surface area contributed by atoms with Gasteiger partial charge in [0.2, 0.25) is 0 Å². The van der Waals surface area contributed by atoms with Crippen molar-refractivity contribution >= 4 is 28.9 Å². The smallest absolute Gasteiger partial charge is 0.270 e. The monoisotopic (exact) mass is 527 g/mol. The Labute approximate surface area is 216 Å². The molecule has 1 atom stereocenters. The Bertz CT molecular complexity index is 1360. The summed E-state index contributed by atoms with van der Waals surface area (Å²) in [7, 11) is 3.03. The molecular formula is C25H22ClN3O8. The third kappa shape index (κ3) is 5.26. The molecule has 3 aromatic rings. The number of methoxy groups -OCH3 is 2. The molecule has 3 aromatic carbocycles. The average Bonchev–Trinajstić information content (AvgIpc) is 2.90. The first kappa shape index (κ1) is 25.7. The van der Waals surface area contributed by atoms with E-state index >= 15 is 0 Å². The number of halogens is 1. The summed E-state index contributed by atoms with van der Waals surface area (Å²) >= 11 is 6.27. The zero-order chi connectivity index (χ0) is 26.7. The molecule has 37 heavy (non-hydrogen) atoms. The summed E-state index contributed by atoms with van der Waals surface area (Å²) in [6.07, 6.45) is 0.488. The Balaban J connectivity index is 1.72. The molecule has 0 bridgehead atoms. The molecule has 0 N–H and O–H groups in total. The SMILES string of the molecule is COc1cc2c(cc1OC)[C@H](COc1ccc([N+](=O)[O-])cc1)N(C(=O)c1cc([N+](=O)[O-])ccc1Cl)CC2. The van der Waals surface area contributed by atoms with Crippen molar-refractivity contribution in [3.63, 3.8) is 0 Å². The van der Waals surface area contributed by atoms with Gasteiger partial charge in [0, 0.05) is 30.8 Å². The van der Waals surface area contributed by atoms with E-state index in [0.29, 0.717) is 23.7 Å². The highest BCUT2D eigenvalue weighted by Gasteiger charge is 2.34. The molecule has 11 nitrogen and oxygen atoms in total. The molecular weight excluding hydrogens is 506 g/mol. The maximum atomic E-state index is 13.7. The quantitative estimate of drug-likeness (QED) is 0.295. The number of nitrogens with zero attached hydrogens (tertiary/aromatic N) is 3. The second-order valence-electron chi connectivity index (χ2n) is 8.15. The first-order chi connectivity index (χ1) is 17.7. The van der Waals surface area contributed by atoms with Crippen LogP contribution in [0.1, 0.15) is 27.5 Å². The van der Waals surface area contributed by atoms with E-state index in [0.717, 1.165) is 17.2 Å². The first-order valence-corrected chi connectivity index (χ1v) is 11.5. The van der Waals surface area contributed by atoms with Gasteiger partial charge in [0.1, 0.15) is 12.4 Å². The van der Waals surface area contributed by atoms with Gasteiger partial charge in [0.25, 0.3) is 17.3 Å². The van der Waals surface area contributed by atoms with Crippen LogP contribution in [0.2, 0.25) is 5.02 Å². The van der Waals surface area contributed by atoms with Crippen molar-refractivity contribution < 1.29 is 28.9 Å². The fourth-order valence-corrected chi connectivity index (χ4v) is 4.43. The zero-order valence-corrected chi connectivity index (χ0v) is 20.6. The Morgan fingerprint density at radius 2 is 1.59 bits per heavy atom. The van der Waals surface area contributed by atoms with Gasteiger partial charge < -0.3 is 19.1 Å². The lowest BCUT2D eigenvalue weighted by Gasteiger charge is -2.37. The summed E-state index contributed by atoms with van der Waals surface area (Å²) in [5.41, 5.74) is 1.34. The van der Waals surface area contributed by atoms with Crippen LogP contribution in [0.25, 0.3) is 0 Å². The number of fused-ring (bicyclic) bond motifs is 1. The molecule has 1 aliphatic rings. The molecule has 0 spiro atoms. The van der Waals surface area contributed by atoms with E-state index < -0.39 is 21.8 Å². The average molecular weight is 528 g/mol. The molecule has 0 unspecified atom stereocenters. The molecule has 1 aliphatic heterocycles. The van der Waals surface area contributed by atoms with Gasteiger partial charge >= 0.3 is 0 Å². The summed E-state index contributed by atoms with van der Waals surface area (Å²) in [6, 6.07) is 12.3.